The molecule has 0 unspecified atom stereocenters. The normalized spacial score (nSPS) is 14.4. The average Bonchev–Trinajstić information content (AvgIpc) is 2.78. The SMILES string of the molecule is N#Cc1ccc(N2C(=O)C(O)=C(c3ccccc3)C2=O)cc1. The molecule has 0 saturated heterocycles. The number of anilines is 1. The maximum atomic E-state index is 12.5. The second kappa shape index (κ2) is 5.19. The van der Waals surface area contributed by atoms with Crippen LogP contribution in [0.2, 0.25) is 0 Å². The van der Waals surface area contributed by atoms with Gasteiger partial charge in [-0.1, -0.05) is 30.3 Å². The Hall–Kier alpha value is -3.39. The fourth-order valence-electron chi connectivity index (χ4n) is 2.30. The van der Waals surface area contributed by atoms with Crippen LogP contribution < -0.4 is 4.90 Å². The quantitative estimate of drug-likeness (QED) is 0.861. The second-order valence-corrected chi connectivity index (χ2v) is 4.69. The van der Waals surface area contributed by atoms with Gasteiger partial charge in [-0.05, 0) is 29.8 Å². The molecule has 0 aromatic heterocycles. The zero-order chi connectivity index (χ0) is 15.7. The Labute approximate surface area is 126 Å². The molecule has 2 aromatic carbocycles. The molecule has 1 N–H and O–H groups in total. The van der Waals surface area contributed by atoms with Crippen molar-refractivity contribution >= 4 is 23.1 Å². The third kappa shape index (κ3) is 2.03. The molecule has 2 amide bonds. The van der Waals surface area contributed by atoms with E-state index in [1.165, 1.54) is 24.3 Å². The van der Waals surface area contributed by atoms with Crippen molar-refractivity contribution in [2.24, 2.45) is 0 Å². The molecule has 3 rings (SSSR count). The van der Waals surface area contributed by atoms with Crippen molar-refractivity contribution in [3.63, 3.8) is 0 Å². The fraction of sp³-hybridized carbons (Fsp3) is 0. The van der Waals surface area contributed by atoms with Gasteiger partial charge in [0, 0.05) is 0 Å². The Bertz CT molecular complexity index is 830. The summed E-state index contributed by atoms with van der Waals surface area (Å²) in [4.78, 5) is 25.6. The van der Waals surface area contributed by atoms with Gasteiger partial charge in [-0.2, -0.15) is 5.26 Å². The lowest BCUT2D eigenvalue weighted by atomic mass is 10.1. The lowest BCUT2D eigenvalue weighted by molar-refractivity contribution is -0.121. The Morgan fingerprint density at radius 2 is 1.55 bits per heavy atom. The summed E-state index contributed by atoms with van der Waals surface area (Å²) in [5.41, 5.74) is 1.19. The summed E-state index contributed by atoms with van der Waals surface area (Å²) in [6, 6.07) is 16.5. The smallest absolute Gasteiger partial charge is 0.301 e. The second-order valence-electron chi connectivity index (χ2n) is 4.69. The van der Waals surface area contributed by atoms with Crippen LogP contribution in [0.1, 0.15) is 11.1 Å². The van der Waals surface area contributed by atoms with E-state index < -0.39 is 17.6 Å². The van der Waals surface area contributed by atoms with E-state index in [2.05, 4.69) is 0 Å². The fourth-order valence-corrected chi connectivity index (χ4v) is 2.30. The highest BCUT2D eigenvalue weighted by Gasteiger charge is 2.40. The van der Waals surface area contributed by atoms with Crippen molar-refractivity contribution in [2.75, 3.05) is 4.90 Å². The molecule has 0 atom stereocenters. The van der Waals surface area contributed by atoms with Gasteiger partial charge in [0.05, 0.1) is 22.9 Å². The Morgan fingerprint density at radius 1 is 0.909 bits per heavy atom. The first kappa shape index (κ1) is 13.6. The molecule has 5 nitrogen and oxygen atoms in total. The Kier molecular flexibility index (Phi) is 3.20. The highest BCUT2D eigenvalue weighted by molar-refractivity contribution is 6.44. The summed E-state index contributed by atoms with van der Waals surface area (Å²) >= 11 is 0. The summed E-state index contributed by atoms with van der Waals surface area (Å²) in [5.74, 6) is -1.92. The van der Waals surface area contributed by atoms with Crippen LogP contribution in [0.4, 0.5) is 5.69 Å². The van der Waals surface area contributed by atoms with E-state index in [-0.39, 0.29) is 5.57 Å². The third-order valence-corrected chi connectivity index (χ3v) is 3.38. The maximum Gasteiger partial charge on any atom is 0.301 e. The van der Waals surface area contributed by atoms with E-state index in [0.29, 0.717) is 16.8 Å². The molecule has 1 aliphatic rings. The van der Waals surface area contributed by atoms with Gasteiger partial charge in [0.25, 0.3) is 5.91 Å². The molecule has 5 heteroatoms. The summed E-state index contributed by atoms with van der Waals surface area (Å²) in [5, 5.41) is 18.8. The number of rotatable bonds is 2. The topological polar surface area (TPSA) is 81.4 Å². The number of amides is 2. The molecule has 22 heavy (non-hydrogen) atoms. The summed E-state index contributed by atoms with van der Waals surface area (Å²) < 4.78 is 0. The van der Waals surface area contributed by atoms with Gasteiger partial charge in [-0.25, -0.2) is 4.90 Å². The number of imide groups is 1. The molecule has 2 aromatic rings. The van der Waals surface area contributed by atoms with Crippen LogP contribution >= 0.6 is 0 Å². The first-order valence-electron chi connectivity index (χ1n) is 6.51. The molecule has 0 saturated carbocycles. The number of carbonyl (C=O) groups is 2. The predicted octanol–water partition coefficient (Wildman–Crippen LogP) is 2.40. The van der Waals surface area contributed by atoms with Gasteiger partial charge in [0.15, 0.2) is 5.76 Å². The number of aliphatic hydroxyl groups is 1. The standard InChI is InChI=1S/C17H10N2O3/c18-10-11-6-8-13(9-7-11)19-16(21)14(15(20)17(19)22)12-4-2-1-3-5-12/h1-9,20H. The number of nitriles is 1. The Balaban J connectivity index is 2.02. The van der Waals surface area contributed by atoms with E-state index in [9.17, 15) is 14.7 Å². The van der Waals surface area contributed by atoms with E-state index >= 15 is 0 Å². The van der Waals surface area contributed by atoms with E-state index in [4.69, 9.17) is 5.26 Å². The lowest BCUT2D eigenvalue weighted by Crippen LogP contribution is -2.31. The molecule has 0 bridgehead atoms. The van der Waals surface area contributed by atoms with Crippen LogP contribution in [0.25, 0.3) is 5.57 Å². The first-order chi connectivity index (χ1) is 10.6. The van der Waals surface area contributed by atoms with Gasteiger partial charge >= 0.3 is 5.91 Å². The number of benzene rings is 2. The maximum absolute atomic E-state index is 12.5. The summed E-state index contributed by atoms with van der Waals surface area (Å²) in [6.45, 7) is 0. The van der Waals surface area contributed by atoms with Crippen LogP contribution in [0.3, 0.4) is 0 Å². The van der Waals surface area contributed by atoms with Gasteiger partial charge in [-0.15, -0.1) is 0 Å². The molecular weight excluding hydrogens is 280 g/mol. The average molecular weight is 290 g/mol. The largest absolute Gasteiger partial charge is 0.502 e. The van der Waals surface area contributed by atoms with Crippen molar-refractivity contribution in [2.45, 2.75) is 0 Å². The van der Waals surface area contributed by atoms with Gasteiger partial charge < -0.3 is 5.11 Å². The van der Waals surface area contributed by atoms with Gasteiger partial charge in [0.2, 0.25) is 0 Å². The van der Waals surface area contributed by atoms with Crippen LogP contribution in [0.15, 0.2) is 60.4 Å². The minimum Gasteiger partial charge on any atom is -0.502 e. The third-order valence-electron chi connectivity index (χ3n) is 3.38. The van der Waals surface area contributed by atoms with E-state index in [0.717, 1.165) is 4.90 Å². The molecule has 0 radical (unpaired) electrons. The number of hydrogen-bond donors (Lipinski definition) is 1. The molecule has 0 aliphatic carbocycles. The minimum atomic E-state index is -0.770. The van der Waals surface area contributed by atoms with Gasteiger partial charge in [-0.3, -0.25) is 9.59 Å². The number of aliphatic hydroxyl groups excluding tert-OH is 1. The van der Waals surface area contributed by atoms with Crippen LogP contribution in [0.5, 0.6) is 0 Å². The van der Waals surface area contributed by atoms with Crippen molar-refractivity contribution in [3.05, 3.63) is 71.5 Å². The zero-order valence-electron chi connectivity index (χ0n) is 11.4. The molecule has 0 spiro atoms. The van der Waals surface area contributed by atoms with Crippen molar-refractivity contribution < 1.29 is 14.7 Å². The van der Waals surface area contributed by atoms with Crippen LogP contribution in [-0.2, 0) is 9.59 Å². The minimum absolute atomic E-state index is 0.0186. The van der Waals surface area contributed by atoms with Crippen LogP contribution in [-0.4, -0.2) is 16.9 Å². The molecule has 1 aliphatic heterocycles. The summed E-state index contributed by atoms with van der Waals surface area (Å²) in [7, 11) is 0. The number of carbonyl (C=O) groups excluding carboxylic acids is 2. The van der Waals surface area contributed by atoms with Crippen molar-refractivity contribution in [1.29, 1.82) is 5.26 Å². The lowest BCUT2D eigenvalue weighted by Gasteiger charge is -2.14. The number of nitrogens with zero attached hydrogens (tertiary/aromatic N) is 2. The van der Waals surface area contributed by atoms with E-state index in [1.807, 2.05) is 6.07 Å². The highest BCUT2D eigenvalue weighted by Crippen LogP contribution is 2.31. The monoisotopic (exact) mass is 290 g/mol. The predicted molar refractivity (Wildman–Crippen MR) is 79.6 cm³/mol. The van der Waals surface area contributed by atoms with Crippen molar-refractivity contribution in [1.82, 2.24) is 0 Å². The Morgan fingerprint density at radius 3 is 2.14 bits per heavy atom. The first-order valence-corrected chi connectivity index (χ1v) is 6.51. The number of hydrogen-bond acceptors (Lipinski definition) is 4. The van der Waals surface area contributed by atoms with Gasteiger partial charge in [0.1, 0.15) is 0 Å². The highest BCUT2D eigenvalue weighted by atomic mass is 16.3. The zero-order valence-corrected chi connectivity index (χ0v) is 11.4. The molecule has 0 fully saturated rings. The van der Waals surface area contributed by atoms with Crippen LogP contribution in [0, 0.1) is 11.3 Å². The molecule has 106 valence electrons. The molecular formula is C17H10N2O3. The summed E-state index contributed by atoms with van der Waals surface area (Å²) in [6.07, 6.45) is 0. The molecule has 1 heterocycles. The van der Waals surface area contributed by atoms with E-state index in [1.54, 1.807) is 30.3 Å². The van der Waals surface area contributed by atoms with Crippen molar-refractivity contribution in [3.8, 4) is 6.07 Å².